The Morgan fingerprint density at radius 2 is 1.96 bits per heavy atom. The first-order valence-electron chi connectivity index (χ1n) is 8.09. The van der Waals surface area contributed by atoms with Crippen LogP contribution in [0.1, 0.15) is 0 Å². The number of allylic oxidation sites excluding steroid dienone is 1. The molecule has 3 rings (SSSR count). The Balaban J connectivity index is 1.75. The minimum Gasteiger partial charge on any atom is -0.507 e. The Kier molecular flexibility index (Phi) is 5.87. The predicted octanol–water partition coefficient (Wildman–Crippen LogP) is 3.71. The van der Waals surface area contributed by atoms with E-state index in [0.717, 1.165) is 0 Å². The number of thioether (sulfide) groups is 1. The molecule has 0 aliphatic carbocycles. The van der Waals surface area contributed by atoms with Crippen molar-refractivity contribution in [3.8, 4) is 17.1 Å². The number of halogens is 1. The quantitative estimate of drug-likeness (QED) is 0.480. The van der Waals surface area contributed by atoms with Gasteiger partial charge in [0, 0.05) is 6.54 Å². The van der Waals surface area contributed by atoms with Gasteiger partial charge in [0.05, 0.1) is 17.0 Å². The van der Waals surface area contributed by atoms with Gasteiger partial charge in [0.2, 0.25) is 5.91 Å². The first kappa shape index (κ1) is 18.7. The Labute approximate surface area is 159 Å². The van der Waals surface area contributed by atoms with Crippen molar-refractivity contribution in [2.45, 2.75) is 11.7 Å². The zero-order chi connectivity index (χ0) is 19.2. The molecular weight excluding hydrogens is 367 g/mol. The monoisotopic (exact) mass is 384 g/mol. The lowest BCUT2D eigenvalue weighted by Crippen LogP contribution is -2.15. The second-order valence-electron chi connectivity index (χ2n) is 5.54. The number of nitrogens with zero attached hydrogens (tertiary/aromatic N) is 3. The number of aromatic hydroxyl groups is 1. The van der Waals surface area contributed by atoms with Crippen molar-refractivity contribution in [2.24, 2.45) is 0 Å². The summed E-state index contributed by atoms with van der Waals surface area (Å²) in [6.45, 7) is 4.14. The number of benzene rings is 2. The third-order valence-corrected chi connectivity index (χ3v) is 4.62. The molecule has 1 aromatic heterocycles. The highest BCUT2D eigenvalue weighted by atomic mass is 32.2. The van der Waals surface area contributed by atoms with Gasteiger partial charge in [-0.1, -0.05) is 42.1 Å². The molecule has 1 heterocycles. The maximum absolute atomic E-state index is 13.6. The smallest absolute Gasteiger partial charge is 0.234 e. The fourth-order valence-corrected chi connectivity index (χ4v) is 3.18. The van der Waals surface area contributed by atoms with Crippen molar-refractivity contribution in [3.05, 3.63) is 67.0 Å². The lowest BCUT2D eigenvalue weighted by Gasteiger charge is -2.09. The van der Waals surface area contributed by atoms with Crippen LogP contribution in [0.2, 0.25) is 0 Å². The van der Waals surface area contributed by atoms with Gasteiger partial charge in [0.15, 0.2) is 11.0 Å². The number of hydrogen-bond acceptors (Lipinski definition) is 5. The molecule has 0 radical (unpaired) electrons. The highest BCUT2D eigenvalue weighted by Crippen LogP contribution is 2.30. The summed E-state index contributed by atoms with van der Waals surface area (Å²) in [4.78, 5) is 12.1. The number of nitrogens with one attached hydrogen (secondary N) is 1. The van der Waals surface area contributed by atoms with E-state index in [-0.39, 0.29) is 23.1 Å². The maximum atomic E-state index is 13.6. The van der Waals surface area contributed by atoms with Gasteiger partial charge in [-0.05, 0) is 24.3 Å². The second-order valence-corrected chi connectivity index (χ2v) is 6.48. The number of amides is 1. The fourth-order valence-electron chi connectivity index (χ4n) is 2.43. The molecule has 27 heavy (non-hydrogen) atoms. The van der Waals surface area contributed by atoms with Gasteiger partial charge >= 0.3 is 0 Å². The summed E-state index contributed by atoms with van der Waals surface area (Å²) in [7, 11) is 0. The zero-order valence-electron chi connectivity index (χ0n) is 14.3. The maximum Gasteiger partial charge on any atom is 0.234 e. The number of rotatable bonds is 7. The Hall–Kier alpha value is -3.13. The summed E-state index contributed by atoms with van der Waals surface area (Å²) in [5.74, 6) is -0.256. The fraction of sp³-hybridized carbons (Fsp3) is 0.105. The molecular formula is C19H17FN4O2S. The largest absolute Gasteiger partial charge is 0.507 e. The molecule has 3 aromatic rings. The first-order valence-corrected chi connectivity index (χ1v) is 9.08. The highest BCUT2D eigenvalue weighted by molar-refractivity contribution is 7.99. The normalized spacial score (nSPS) is 10.6. The molecule has 2 aromatic carbocycles. The molecule has 0 saturated heterocycles. The van der Waals surface area contributed by atoms with Crippen LogP contribution in [0.25, 0.3) is 11.4 Å². The van der Waals surface area contributed by atoms with E-state index in [1.807, 2.05) is 0 Å². The van der Waals surface area contributed by atoms with E-state index in [4.69, 9.17) is 0 Å². The molecule has 0 aliphatic heterocycles. The van der Waals surface area contributed by atoms with Crippen LogP contribution in [-0.4, -0.2) is 31.5 Å². The molecule has 0 fully saturated rings. The van der Waals surface area contributed by atoms with Gasteiger partial charge in [0.1, 0.15) is 11.6 Å². The molecule has 0 atom stereocenters. The van der Waals surface area contributed by atoms with Crippen LogP contribution in [0.3, 0.4) is 0 Å². The van der Waals surface area contributed by atoms with Gasteiger partial charge in [-0.15, -0.1) is 16.8 Å². The number of carbonyl (C=O) groups excluding carboxylic acids is 1. The molecule has 1 amide bonds. The number of phenolic OH excluding ortho intramolecular Hbond substituents is 1. The average Bonchev–Trinajstić information content (AvgIpc) is 3.05. The van der Waals surface area contributed by atoms with E-state index in [1.54, 1.807) is 47.0 Å². The summed E-state index contributed by atoms with van der Waals surface area (Å²) in [6.07, 6.45) is 1.68. The second kappa shape index (κ2) is 8.50. The highest BCUT2D eigenvalue weighted by Gasteiger charge is 2.17. The number of hydrogen-bond donors (Lipinski definition) is 2. The van der Waals surface area contributed by atoms with E-state index >= 15 is 0 Å². The van der Waals surface area contributed by atoms with Crippen LogP contribution < -0.4 is 5.32 Å². The van der Waals surface area contributed by atoms with E-state index in [2.05, 4.69) is 22.1 Å². The van der Waals surface area contributed by atoms with Gasteiger partial charge < -0.3 is 10.4 Å². The Bertz CT molecular complexity index is 974. The van der Waals surface area contributed by atoms with E-state index in [9.17, 15) is 14.3 Å². The minimum atomic E-state index is -0.493. The topological polar surface area (TPSA) is 80.0 Å². The summed E-state index contributed by atoms with van der Waals surface area (Å²) >= 11 is 1.17. The van der Waals surface area contributed by atoms with Crippen molar-refractivity contribution in [1.82, 2.24) is 14.8 Å². The van der Waals surface area contributed by atoms with E-state index in [1.165, 1.54) is 23.9 Å². The van der Waals surface area contributed by atoms with Gasteiger partial charge in [-0.2, -0.15) is 0 Å². The van der Waals surface area contributed by atoms with Crippen LogP contribution >= 0.6 is 11.8 Å². The standard InChI is InChI=1S/C19H17FN4O2S/c1-2-11-24-18(13-7-3-6-10-16(13)25)22-23-19(24)27-12-17(26)21-15-9-5-4-8-14(15)20/h2-10,25H,1,11-12H2,(H,21,26). The van der Waals surface area contributed by atoms with Gasteiger partial charge in [-0.25, -0.2) is 4.39 Å². The summed E-state index contributed by atoms with van der Waals surface area (Å²) in [5.41, 5.74) is 0.667. The van der Waals surface area contributed by atoms with Crippen molar-refractivity contribution in [3.63, 3.8) is 0 Å². The molecule has 0 spiro atoms. The number of anilines is 1. The zero-order valence-corrected chi connectivity index (χ0v) is 15.1. The van der Waals surface area contributed by atoms with Crippen LogP contribution in [0.5, 0.6) is 5.75 Å². The molecule has 0 saturated carbocycles. The third kappa shape index (κ3) is 4.35. The minimum absolute atomic E-state index is 0.0321. The van der Waals surface area contributed by atoms with Gasteiger partial charge in [0.25, 0.3) is 0 Å². The van der Waals surface area contributed by atoms with Gasteiger partial charge in [-0.3, -0.25) is 9.36 Å². The number of carbonyl (C=O) groups is 1. The van der Waals surface area contributed by atoms with Crippen LogP contribution in [0.4, 0.5) is 10.1 Å². The predicted molar refractivity (Wildman–Crippen MR) is 103 cm³/mol. The summed E-state index contributed by atoms with van der Waals surface area (Å²) in [6, 6.07) is 12.8. The average molecular weight is 384 g/mol. The third-order valence-electron chi connectivity index (χ3n) is 3.65. The molecule has 6 nitrogen and oxygen atoms in total. The van der Waals surface area contributed by atoms with Crippen molar-refractivity contribution in [2.75, 3.05) is 11.1 Å². The molecule has 138 valence electrons. The number of phenols is 1. The number of aromatic nitrogens is 3. The Morgan fingerprint density at radius 3 is 2.70 bits per heavy atom. The molecule has 0 bridgehead atoms. The van der Waals surface area contributed by atoms with Crippen LogP contribution in [0, 0.1) is 5.82 Å². The molecule has 0 unspecified atom stereocenters. The number of para-hydroxylation sites is 2. The molecule has 0 aliphatic rings. The van der Waals surface area contributed by atoms with Crippen LogP contribution in [-0.2, 0) is 11.3 Å². The van der Waals surface area contributed by atoms with Crippen molar-refractivity contribution < 1.29 is 14.3 Å². The Morgan fingerprint density at radius 1 is 1.22 bits per heavy atom. The first-order chi connectivity index (χ1) is 13.1. The molecule has 2 N–H and O–H groups in total. The van der Waals surface area contributed by atoms with Crippen LogP contribution in [0.15, 0.2) is 66.3 Å². The van der Waals surface area contributed by atoms with Crippen molar-refractivity contribution in [1.29, 1.82) is 0 Å². The summed E-state index contributed by atoms with van der Waals surface area (Å²) < 4.78 is 15.4. The van der Waals surface area contributed by atoms with E-state index in [0.29, 0.717) is 23.1 Å². The van der Waals surface area contributed by atoms with E-state index < -0.39 is 5.82 Å². The van der Waals surface area contributed by atoms with Crippen molar-refractivity contribution >= 4 is 23.4 Å². The summed E-state index contributed by atoms with van der Waals surface area (Å²) in [5, 5.41) is 21.3. The lowest BCUT2D eigenvalue weighted by atomic mass is 10.2. The molecule has 8 heteroatoms. The lowest BCUT2D eigenvalue weighted by molar-refractivity contribution is -0.113. The SMILES string of the molecule is C=CCn1c(SCC(=O)Nc2ccccc2F)nnc1-c1ccccc1O.